The third-order valence-electron chi connectivity index (χ3n) is 4.03. The van der Waals surface area contributed by atoms with Gasteiger partial charge in [0.15, 0.2) is 0 Å². The number of nitrogens with one attached hydrogen (secondary N) is 2. The van der Waals surface area contributed by atoms with Gasteiger partial charge in [0.05, 0.1) is 6.54 Å². The Morgan fingerprint density at radius 2 is 1.96 bits per heavy atom. The topological polar surface area (TPSA) is 82.3 Å². The number of aromatic amines is 1. The third kappa shape index (κ3) is 3.12. The first-order valence-electron chi connectivity index (χ1n) is 7.60. The second-order valence-electron chi connectivity index (χ2n) is 5.56. The number of H-pyrrole nitrogens is 1. The maximum absolute atomic E-state index is 12.6. The van der Waals surface area contributed by atoms with Gasteiger partial charge in [-0.1, -0.05) is 6.58 Å². The first-order valence-corrected chi connectivity index (χ1v) is 7.60. The average Bonchev–Trinajstić information content (AvgIpc) is 2.62. The molecular weight excluding hydrogens is 306 g/mol. The number of hydrogen-bond acceptors (Lipinski definition) is 3. The second kappa shape index (κ2) is 6.54. The van der Waals surface area contributed by atoms with Crippen molar-refractivity contribution >= 4 is 17.5 Å². The minimum absolute atomic E-state index is 0.134. The Labute approximate surface area is 138 Å². The molecule has 24 heavy (non-hydrogen) atoms. The fourth-order valence-corrected chi connectivity index (χ4v) is 2.73. The minimum Gasteiger partial charge on any atom is -0.334 e. The lowest BCUT2D eigenvalue weighted by Crippen LogP contribution is -2.38. The Balaban J connectivity index is 1.75. The molecule has 1 aliphatic rings. The summed E-state index contributed by atoms with van der Waals surface area (Å²) in [4.78, 5) is 40.1. The van der Waals surface area contributed by atoms with Gasteiger partial charge in [0.1, 0.15) is 0 Å². The third-order valence-corrected chi connectivity index (χ3v) is 4.03. The maximum atomic E-state index is 12.6. The average molecular weight is 323 g/mol. The number of nitrogens with zero attached hydrogens (tertiary/aromatic N) is 1. The molecule has 0 aliphatic carbocycles. The van der Waals surface area contributed by atoms with Gasteiger partial charge in [-0.2, -0.15) is 0 Å². The van der Waals surface area contributed by atoms with Crippen molar-refractivity contribution in [3.63, 3.8) is 0 Å². The van der Waals surface area contributed by atoms with Crippen LogP contribution in [-0.4, -0.2) is 28.2 Å². The van der Waals surface area contributed by atoms with E-state index in [1.54, 1.807) is 35.4 Å². The van der Waals surface area contributed by atoms with E-state index in [2.05, 4.69) is 16.9 Å². The number of carbonyl (C=O) groups is 2. The first kappa shape index (κ1) is 15.7. The standard InChI is InChI=1S/C18H17N3O3/c1-2-16(22)20-14-5-3-13(4-6-14)18(24)21-10-8-12-7-9-19-17(23)15(12)11-21/h2-7,9H,1,8,10-11H2,(H,19,23)(H,20,22). The quantitative estimate of drug-likeness (QED) is 0.844. The van der Waals surface area contributed by atoms with E-state index < -0.39 is 0 Å². The molecule has 122 valence electrons. The second-order valence-corrected chi connectivity index (χ2v) is 5.56. The van der Waals surface area contributed by atoms with Crippen LogP contribution in [0, 0.1) is 0 Å². The highest BCUT2D eigenvalue weighted by Crippen LogP contribution is 2.18. The van der Waals surface area contributed by atoms with Crippen molar-refractivity contribution < 1.29 is 9.59 Å². The molecule has 1 aliphatic heterocycles. The van der Waals surface area contributed by atoms with Gasteiger partial charge in [-0.15, -0.1) is 0 Å². The largest absolute Gasteiger partial charge is 0.334 e. The Kier molecular flexibility index (Phi) is 4.29. The van der Waals surface area contributed by atoms with Gasteiger partial charge in [-0.05, 0) is 48.4 Å². The highest BCUT2D eigenvalue weighted by molar-refractivity contribution is 5.99. The summed E-state index contributed by atoms with van der Waals surface area (Å²) in [5.74, 6) is -0.438. The fourth-order valence-electron chi connectivity index (χ4n) is 2.73. The Morgan fingerprint density at radius 1 is 1.21 bits per heavy atom. The molecule has 0 fully saturated rings. The lowest BCUT2D eigenvalue weighted by atomic mass is 10.0. The number of anilines is 1. The molecule has 0 saturated heterocycles. The van der Waals surface area contributed by atoms with Crippen molar-refractivity contribution in [2.45, 2.75) is 13.0 Å². The van der Waals surface area contributed by atoms with E-state index in [1.807, 2.05) is 6.07 Å². The molecule has 0 bridgehead atoms. The predicted octanol–water partition coefficient (Wildman–Crippen LogP) is 1.70. The molecule has 2 N–H and O–H groups in total. The summed E-state index contributed by atoms with van der Waals surface area (Å²) < 4.78 is 0. The van der Waals surface area contributed by atoms with Crippen molar-refractivity contribution in [2.24, 2.45) is 0 Å². The van der Waals surface area contributed by atoms with Crippen LogP contribution in [0.15, 0.2) is 54.0 Å². The number of rotatable bonds is 3. The number of fused-ring (bicyclic) bond motifs is 1. The molecule has 0 saturated carbocycles. The number of hydrogen-bond donors (Lipinski definition) is 2. The van der Waals surface area contributed by atoms with E-state index in [4.69, 9.17) is 0 Å². The molecule has 6 heteroatoms. The first-order chi connectivity index (χ1) is 11.6. The molecule has 2 heterocycles. The highest BCUT2D eigenvalue weighted by Gasteiger charge is 2.23. The Hall–Kier alpha value is -3.15. The SMILES string of the molecule is C=CC(=O)Nc1ccc(C(=O)N2CCc3cc[nH]c(=O)c3C2)cc1. The Bertz CT molecular complexity index is 853. The molecule has 0 unspecified atom stereocenters. The summed E-state index contributed by atoms with van der Waals surface area (Å²) in [6.07, 6.45) is 3.48. The molecule has 0 atom stereocenters. The van der Waals surface area contributed by atoms with Gasteiger partial charge in [0.2, 0.25) is 5.91 Å². The zero-order valence-electron chi connectivity index (χ0n) is 13.0. The van der Waals surface area contributed by atoms with Crippen molar-refractivity contribution in [1.82, 2.24) is 9.88 Å². The lowest BCUT2D eigenvalue weighted by molar-refractivity contribution is -0.111. The normalized spacial score (nSPS) is 13.1. The Morgan fingerprint density at radius 3 is 2.67 bits per heavy atom. The van der Waals surface area contributed by atoms with E-state index in [9.17, 15) is 14.4 Å². The highest BCUT2D eigenvalue weighted by atomic mass is 16.2. The monoisotopic (exact) mass is 323 g/mol. The van der Waals surface area contributed by atoms with Crippen molar-refractivity contribution in [1.29, 1.82) is 0 Å². The summed E-state index contributed by atoms with van der Waals surface area (Å²) in [5.41, 5.74) is 2.60. The smallest absolute Gasteiger partial charge is 0.254 e. The maximum Gasteiger partial charge on any atom is 0.254 e. The van der Waals surface area contributed by atoms with Crippen molar-refractivity contribution in [3.05, 3.63) is 76.2 Å². The van der Waals surface area contributed by atoms with Gasteiger partial charge >= 0.3 is 0 Å². The van der Waals surface area contributed by atoms with Crippen LogP contribution in [0.5, 0.6) is 0 Å². The molecule has 1 aromatic carbocycles. The summed E-state index contributed by atoms with van der Waals surface area (Å²) >= 11 is 0. The lowest BCUT2D eigenvalue weighted by Gasteiger charge is -2.28. The molecule has 2 amide bonds. The van der Waals surface area contributed by atoms with Gasteiger partial charge in [0.25, 0.3) is 11.5 Å². The van der Waals surface area contributed by atoms with Gasteiger partial charge < -0.3 is 15.2 Å². The number of benzene rings is 1. The van der Waals surface area contributed by atoms with E-state index in [1.165, 1.54) is 6.08 Å². The molecule has 2 aromatic rings. The van der Waals surface area contributed by atoms with Crippen molar-refractivity contribution in [3.8, 4) is 0 Å². The summed E-state index contributed by atoms with van der Waals surface area (Å²) in [6, 6.07) is 8.53. The molecule has 0 spiro atoms. The number of carbonyl (C=O) groups excluding carboxylic acids is 2. The van der Waals surface area contributed by atoms with Crippen LogP contribution in [0.3, 0.4) is 0 Å². The van der Waals surface area contributed by atoms with Crippen LogP contribution in [0.25, 0.3) is 0 Å². The number of aromatic nitrogens is 1. The van der Waals surface area contributed by atoms with Gasteiger partial charge in [0, 0.05) is 29.6 Å². The van der Waals surface area contributed by atoms with Crippen LogP contribution in [-0.2, 0) is 17.8 Å². The van der Waals surface area contributed by atoms with Gasteiger partial charge in [-0.25, -0.2) is 0 Å². The molecular formula is C18H17N3O3. The number of pyridine rings is 1. The summed E-state index contributed by atoms with van der Waals surface area (Å²) in [5, 5.41) is 2.63. The van der Waals surface area contributed by atoms with Crippen molar-refractivity contribution in [2.75, 3.05) is 11.9 Å². The fraction of sp³-hybridized carbons (Fsp3) is 0.167. The predicted molar refractivity (Wildman–Crippen MR) is 90.8 cm³/mol. The van der Waals surface area contributed by atoms with E-state index in [-0.39, 0.29) is 17.4 Å². The molecule has 1 aromatic heterocycles. The van der Waals surface area contributed by atoms with Crippen LogP contribution in [0.2, 0.25) is 0 Å². The molecule has 6 nitrogen and oxygen atoms in total. The zero-order valence-corrected chi connectivity index (χ0v) is 13.0. The molecule has 3 rings (SSSR count). The minimum atomic E-state index is -0.305. The van der Waals surface area contributed by atoms with Crippen LogP contribution in [0.4, 0.5) is 5.69 Å². The zero-order chi connectivity index (χ0) is 17.1. The summed E-state index contributed by atoms with van der Waals surface area (Å²) in [7, 11) is 0. The van der Waals surface area contributed by atoms with E-state index in [0.717, 1.165) is 5.56 Å². The van der Waals surface area contributed by atoms with Crippen LogP contribution < -0.4 is 10.9 Å². The van der Waals surface area contributed by atoms with Crippen LogP contribution >= 0.6 is 0 Å². The van der Waals surface area contributed by atoms with Crippen LogP contribution in [0.1, 0.15) is 21.5 Å². The number of amides is 2. The summed E-state index contributed by atoms with van der Waals surface area (Å²) in [6.45, 7) is 4.27. The van der Waals surface area contributed by atoms with Gasteiger partial charge in [-0.3, -0.25) is 14.4 Å². The van der Waals surface area contributed by atoms with E-state index >= 15 is 0 Å². The molecule has 0 radical (unpaired) electrons. The van der Waals surface area contributed by atoms with E-state index in [0.29, 0.717) is 36.3 Å².